The lowest BCUT2D eigenvalue weighted by molar-refractivity contribution is -0.162. The van der Waals surface area contributed by atoms with E-state index < -0.39 is 11.6 Å². The minimum absolute atomic E-state index is 0.0153. The van der Waals surface area contributed by atoms with Gasteiger partial charge in [-0.3, -0.25) is 9.48 Å². The quantitative estimate of drug-likeness (QED) is 0.165. The molecule has 50 heavy (non-hydrogen) atoms. The summed E-state index contributed by atoms with van der Waals surface area (Å²) in [4.78, 5) is 41.2. The molecule has 0 spiro atoms. The van der Waals surface area contributed by atoms with Crippen molar-refractivity contribution >= 4 is 40.9 Å². The zero-order valence-electron chi connectivity index (χ0n) is 27.8. The molecule has 3 aromatic carbocycles. The number of carbonyl (C=O) groups is 3. The number of amides is 3. The maximum Gasteiger partial charge on any atom is 0.335 e. The fourth-order valence-corrected chi connectivity index (χ4v) is 7.27. The second-order valence-corrected chi connectivity index (χ2v) is 13.9. The van der Waals surface area contributed by atoms with Gasteiger partial charge < -0.3 is 30.1 Å². The van der Waals surface area contributed by atoms with Gasteiger partial charge in [-0.2, -0.15) is 5.10 Å². The minimum atomic E-state index is -1.79. The smallest absolute Gasteiger partial charge is 0.335 e. The first-order valence-corrected chi connectivity index (χ1v) is 17.4. The van der Waals surface area contributed by atoms with Crippen molar-refractivity contribution in [3.05, 3.63) is 94.8 Å². The standard InChI is InChI=1S/C38H40ClN5O6/c1-24-31(39)9-4-11-33(24)50-17-5-12-34(45)44-23-26-19-30(26)35-29(8-3-10-32(35)44)27-20-40-43(22-27)21-25-6-2-7-28(18-25)41-37(48)42-15-13-38(49,14-16-42)36(46)47/h2-4,6-11,18,20,22,26,30,49H,5,12-17,19,21,23H2,1H3,(H,41,48)(H,46,47)/t26-,30-/m0/s1. The monoisotopic (exact) mass is 697 g/mol. The summed E-state index contributed by atoms with van der Waals surface area (Å²) in [5, 5.41) is 27.6. The number of benzene rings is 3. The highest BCUT2D eigenvalue weighted by atomic mass is 35.5. The van der Waals surface area contributed by atoms with Crippen molar-refractivity contribution in [1.29, 1.82) is 0 Å². The summed E-state index contributed by atoms with van der Waals surface area (Å²) in [6.45, 7) is 3.89. The summed E-state index contributed by atoms with van der Waals surface area (Å²) >= 11 is 6.22. The number of halogens is 1. The van der Waals surface area contributed by atoms with Crippen molar-refractivity contribution in [2.24, 2.45) is 5.92 Å². The van der Waals surface area contributed by atoms with Gasteiger partial charge in [0.2, 0.25) is 5.91 Å². The minimum Gasteiger partial charge on any atom is -0.493 e. The van der Waals surface area contributed by atoms with Crippen LogP contribution in [0.15, 0.2) is 73.1 Å². The van der Waals surface area contributed by atoms with E-state index >= 15 is 0 Å². The number of rotatable bonds is 10. The lowest BCUT2D eigenvalue weighted by Crippen LogP contribution is -2.51. The summed E-state index contributed by atoms with van der Waals surface area (Å²) in [6.07, 6.45) is 5.92. The number of urea groups is 1. The van der Waals surface area contributed by atoms with E-state index in [0.717, 1.165) is 46.7 Å². The van der Waals surface area contributed by atoms with Gasteiger partial charge in [0.1, 0.15) is 5.75 Å². The topological polar surface area (TPSA) is 137 Å². The molecule has 2 atom stereocenters. The largest absolute Gasteiger partial charge is 0.493 e. The first-order chi connectivity index (χ1) is 24.1. The summed E-state index contributed by atoms with van der Waals surface area (Å²) in [5.41, 5.74) is 4.95. The molecule has 12 heteroatoms. The molecule has 0 radical (unpaired) electrons. The fourth-order valence-electron chi connectivity index (χ4n) is 7.11. The van der Waals surface area contributed by atoms with Gasteiger partial charge in [0.25, 0.3) is 0 Å². The fraction of sp³-hybridized carbons (Fsp3) is 0.368. The van der Waals surface area contributed by atoms with Crippen LogP contribution in [-0.2, 0) is 16.1 Å². The van der Waals surface area contributed by atoms with Gasteiger partial charge in [-0.25, -0.2) is 9.59 Å². The van der Waals surface area contributed by atoms with E-state index in [1.807, 2.05) is 71.4 Å². The van der Waals surface area contributed by atoms with E-state index in [2.05, 4.69) is 22.5 Å². The van der Waals surface area contributed by atoms with Crippen LogP contribution in [0.5, 0.6) is 5.75 Å². The average molecular weight is 698 g/mol. The molecule has 3 N–H and O–H groups in total. The van der Waals surface area contributed by atoms with Crippen LogP contribution in [-0.4, -0.2) is 74.6 Å². The van der Waals surface area contributed by atoms with Crippen molar-refractivity contribution in [2.75, 3.05) is 36.5 Å². The van der Waals surface area contributed by atoms with Crippen molar-refractivity contribution in [2.45, 2.75) is 57.1 Å². The van der Waals surface area contributed by atoms with Crippen LogP contribution < -0.4 is 15.0 Å². The number of piperidine rings is 1. The number of aromatic nitrogens is 2. The van der Waals surface area contributed by atoms with Gasteiger partial charge in [0.05, 0.1) is 19.3 Å². The molecule has 2 fully saturated rings. The number of carboxylic acid groups (broad SMARTS) is 1. The molecular weight excluding hydrogens is 658 g/mol. The lowest BCUT2D eigenvalue weighted by atomic mass is 9.92. The number of anilines is 2. The molecule has 3 amide bonds. The van der Waals surface area contributed by atoms with Crippen molar-refractivity contribution in [1.82, 2.24) is 14.7 Å². The lowest BCUT2D eigenvalue weighted by Gasteiger charge is -2.35. The number of nitrogens with zero attached hydrogens (tertiary/aromatic N) is 4. The third-order valence-electron chi connectivity index (χ3n) is 10.1. The molecule has 1 saturated heterocycles. The Balaban J connectivity index is 0.988. The molecule has 260 valence electrons. The molecular formula is C38H40ClN5O6. The number of aliphatic hydroxyl groups is 1. The zero-order valence-corrected chi connectivity index (χ0v) is 28.6. The Kier molecular flexibility index (Phi) is 9.28. The molecule has 1 aromatic heterocycles. The van der Waals surface area contributed by atoms with Crippen LogP contribution in [0.2, 0.25) is 5.02 Å². The Labute approximate surface area is 295 Å². The van der Waals surface area contributed by atoms with Crippen LogP contribution in [0.4, 0.5) is 16.2 Å². The normalized spacial score (nSPS) is 18.9. The van der Waals surface area contributed by atoms with Crippen LogP contribution in [0.3, 0.4) is 0 Å². The van der Waals surface area contributed by atoms with Crippen LogP contribution in [0.25, 0.3) is 11.1 Å². The van der Waals surface area contributed by atoms with Crippen molar-refractivity contribution in [3.63, 3.8) is 0 Å². The van der Waals surface area contributed by atoms with E-state index in [4.69, 9.17) is 16.3 Å². The number of nitrogens with one attached hydrogen (secondary N) is 1. The number of hydrogen-bond acceptors (Lipinski definition) is 6. The molecule has 1 saturated carbocycles. The molecule has 11 nitrogen and oxygen atoms in total. The molecule has 3 aliphatic rings. The number of ether oxygens (including phenoxy) is 1. The maximum atomic E-state index is 13.5. The van der Waals surface area contributed by atoms with Gasteiger partial charge in [-0.1, -0.05) is 41.9 Å². The van der Waals surface area contributed by atoms with Gasteiger partial charge in [0.15, 0.2) is 5.60 Å². The average Bonchev–Trinajstić information content (AvgIpc) is 3.76. The van der Waals surface area contributed by atoms with Crippen molar-refractivity contribution < 1.29 is 29.3 Å². The van der Waals surface area contributed by atoms with Gasteiger partial charge >= 0.3 is 12.0 Å². The second-order valence-electron chi connectivity index (χ2n) is 13.5. The van der Waals surface area contributed by atoms with Gasteiger partial charge in [-0.15, -0.1) is 0 Å². The summed E-state index contributed by atoms with van der Waals surface area (Å²) in [7, 11) is 0. The summed E-state index contributed by atoms with van der Waals surface area (Å²) in [5.74, 6) is 0.476. The number of fused-ring (bicyclic) bond motifs is 3. The molecule has 2 aliphatic heterocycles. The van der Waals surface area contributed by atoms with E-state index in [0.29, 0.717) is 48.5 Å². The van der Waals surface area contributed by atoms with Crippen LogP contribution >= 0.6 is 11.6 Å². The van der Waals surface area contributed by atoms with Gasteiger partial charge in [0, 0.05) is 72.6 Å². The molecule has 1 aliphatic carbocycles. The highest BCUT2D eigenvalue weighted by Gasteiger charge is 2.47. The third-order valence-corrected chi connectivity index (χ3v) is 10.5. The Morgan fingerprint density at radius 3 is 2.66 bits per heavy atom. The summed E-state index contributed by atoms with van der Waals surface area (Å²) in [6, 6.07) is 19.0. The first-order valence-electron chi connectivity index (χ1n) is 17.0. The number of aliphatic carboxylic acids is 1. The van der Waals surface area contributed by atoms with Crippen LogP contribution in [0, 0.1) is 12.8 Å². The van der Waals surface area contributed by atoms with E-state index in [1.54, 1.807) is 6.07 Å². The third kappa shape index (κ3) is 6.93. The Morgan fingerprint density at radius 1 is 1.08 bits per heavy atom. The molecule has 0 unspecified atom stereocenters. The SMILES string of the molecule is Cc1c(Cl)cccc1OCCCC(=O)N1C[C@@H]2C[C@@H]2c2c(-c3cnn(Cc4cccc(NC(=O)N5CCC(O)(C(=O)O)CC5)c4)c3)cccc21. The van der Waals surface area contributed by atoms with Crippen molar-refractivity contribution in [3.8, 4) is 16.9 Å². The predicted octanol–water partition coefficient (Wildman–Crippen LogP) is 6.31. The van der Waals surface area contributed by atoms with E-state index in [1.165, 1.54) is 10.5 Å². The first kappa shape index (κ1) is 33.6. The summed E-state index contributed by atoms with van der Waals surface area (Å²) < 4.78 is 7.79. The molecule has 4 aromatic rings. The van der Waals surface area contributed by atoms with Gasteiger partial charge in [-0.05, 0) is 78.6 Å². The zero-order chi connectivity index (χ0) is 35.0. The number of carboxylic acids is 1. The molecule has 7 rings (SSSR count). The highest BCUT2D eigenvalue weighted by molar-refractivity contribution is 6.31. The number of carbonyl (C=O) groups excluding carboxylic acids is 2. The number of likely N-dealkylation sites (tertiary alicyclic amines) is 1. The Morgan fingerprint density at radius 2 is 1.86 bits per heavy atom. The molecule has 0 bridgehead atoms. The van der Waals surface area contributed by atoms with E-state index in [9.17, 15) is 24.6 Å². The second kappa shape index (κ2) is 13.8. The predicted molar refractivity (Wildman–Crippen MR) is 190 cm³/mol. The Bertz CT molecular complexity index is 1940. The van der Waals surface area contributed by atoms with Crippen LogP contribution in [0.1, 0.15) is 54.7 Å². The molecule has 3 heterocycles. The maximum absolute atomic E-state index is 13.5. The Hall–Kier alpha value is -4.87. The van der Waals surface area contributed by atoms with E-state index in [-0.39, 0.29) is 37.9 Å². The number of hydrogen-bond donors (Lipinski definition) is 3. The highest BCUT2D eigenvalue weighted by Crippen LogP contribution is 2.57.